The molecule has 1 amide bonds. The zero-order valence-corrected chi connectivity index (χ0v) is 20.6. The number of nitro groups is 1. The molecule has 0 unspecified atom stereocenters. The maximum atomic E-state index is 13.8. The summed E-state index contributed by atoms with van der Waals surface area (Å²) in [5.74, 6) is 1.97. The van der Waals surface area contributed by atoms with E-state index in [2.05, 4.69) is 0 Å². The van der Waals surface area contributed by atoms with Gasteiger partial charge < -0.3 is 23.8 Å². The zero-order chi connectivity index (χ0) is 25.8. The van der Waals surface area contributed by atoms with E-state index in [0.29, 0.717) is 41.5 Å². The van der Waals surface area contributed by atoms with Gasteiger partial charge in [-0.3, -0.25) is 14.9 Å². The molecule has 188 valence electrons. The topological polar surface area (TPSA) is 100 Å². The molecule has 9 nitrogen and oxygen atoms in total. The summed E-state index contributed by atoms with van der Waals surface area (Å²) in [4.78, 5) is 26.5. The van der Waals surface area contributed by atoms with Crippen LogP contribution in [0.4, 0.5) is 5.69 Å². The molecule has 0 saturated carbocycles. The first-order chi connectivity index (χ1) is 17.4. The van der Waals surface area contributed by atoms with Gasteiger partial charge in [-0.25, -0.2) is 0 Å². The van der Waals surface area contributed by atoms with Crippen molar-refractivity contribution in [2.45, 2.75) is 19.4 Å². The largest absolute Gasteiger partial charge is 0.493 e. The molecule has 9 heteroatoms. The highest BCUT2D eigenvalue weighted by atomic mass is 16.6. The van der Waals surface area contributed by atoms with Crippen LogP contribution in [0, 0.1) is 17.0 Å². The van der Waals surface area contributed by atoms with Crippen molar-refractivity contribution < 1.29 is 28.7 Å². The monoisotopic (exact) mass is 492 g/mol. The quantitative estimate of drug-likeness (QED) is 0.330. The molecular weight excluding hydrogens is 464 g/mol. The summed E-state index contributed by atoms with van der Waals surface area (Å²) in [6, 6.07) is 15.1. The molecule has 0 saturated heterocycles. The van der Waals surface area contributed by atoms with Crippen molar-refractivity contribution in [2.75, 3.05) is 34.5 Å². The lowest BCUT2D eigenvalue weighted by Gasteiger charge is -2.38. The second-order valence-electron chi connectivity index (χ2n) is 8.34. The lowest BCUT2D eigenvalue weighted by atomic mass is 9.91. The average molecular weight is 493 g/mol. The number of methoxy groups -OCH3 is 3. The fourth-order valence-electron chi connectivity index (χ4n) is 4.57. The van der Waals surface area contributed by atoms with Gasteiger partial charge in [0.1, 0.15) is 6.61 Å². The molecule has 1 aliphatic rings. The van der Waals surface area contributed by atoms with E-state index >= 15 is 0 Å². The number of nitro benzene ring substituents is 1. The second-order valence-corrected chi connectivity index (χ2v) is 8.34. The second kappa shape index (κ2) is 10.6. The Labute approximate surface area is 209 Å². The first kappa shape index (κ1) is 24.8. The fraction of sp³-hybridized carbons (Fsp3) is 0.296. The summed E-state index contributed by atoms with van der Waals surface area (Å²) >= 11 is 0. The number of carbonyl (C=O) groups is 1. The highest BCUT2D eigenvalue weighted by molar-refractivity contribution is 5.97. The molecule has 3 aromatic carbocycles. The molecule has 1 heterocycles. The lowest BCUT2D eigenvalue weighted by molar-refractivity contribution is -0.385. The standard InChI is InChI=1S/C27H28N2O7/c1-17-19(8-7-9-21(17)29(31)32)27(30)28-13-12-18-14-25(34-3)26(35-4)15-20(18)22(28)16-36-24-11-6-5-10-23(24)33-2/h5-11,14-15,22H,12-13,16H2,1-4H3/t22-/m0/s1. The van der Waals surface area contributed by atoms with Crippen LogP contribution in [0.2, 0.25) is 0 Å². The van der Waals surface area contributed by atoms with Crippen molar-refractivity contribution in [3.8, 4) is 23.0 Å². The van der Waals surface area contributed by atoms with Gasteiger partial charge in [-0.15, -0.1) is 0 Å². The normalized spacial score (nSPS) is 14.6. The Morgan fingerprint density at radius 2 is 1.64 bits per heavy atom. The molecule has 1 aliphatic heterocycles. The number of para-hydroxylation sites is 2. The van der Waals surface area contributed by atoms with E-state index in [1.165, 1.54) is 12.1 Å². The fourth-order valence-corrected chi connectivity index (χ4v) is 4.57. The van der Waals surface area contributed by atoms with E-state index in [1.807, 2.05) is 24.3 Å². The van der Waals surface area contributed by atoms with Crippen molar-refractivity contribution in [1.82, 2.24) is 4.90 Å². The third kappa shape index (κ3) is 4.64. The van der Waals surface area contributed by atoms with E-state index in [4.69, 9.17) is 18.9 Å². The number of hydrogen-bond donors (Lipinski definition) is 0. The third-order valence-corrected chi connectivity index (χ3v) is 6.46. The molecule has 4 rings (SSSR count). The Morgan fingerprint density at radius 3 is 2.31 bits per heavy atom. The number of nitrogens with zero attached hydrogens (tertiary/aromatic N) is 2. The molecule has 0 radical (unpaired) electrons. The lowest BCUT2D eigenvalue weighted by Crippen LogP contribution is -2.43. The van der Waals surface area contributed by atoms with Crippen LogP contribution in [0.25, 0.3) is 0 Å². The number of fused-ring (bicyclic) bond motifs is 1. The number of carbonyl (C=O) groups excluding carboxylic acids is 1. The Hall–Kier alpha value is -4.27. The first-order valence-electron chi connectivity index (χ1n) is 11.4. The van der Waals surface area contributed by atoms with Gasteiger partial charge in [0.05, 0.1) is 32.3 Å². The van der Waals surface area contributed by atoms with Gasteiger partial charge in [0, 0.05) is 23.7 Å². The van der Waals surface area contributed by atoms with Crippen LogP contribution in [-0.4, -0.2) is 50.2 Å². The molecule has 0 fully saturated rings. The third-order valence-electron chi connectivity index (χ3n) is 6.46. The molecule has 0 aliphatic carbocycles. The van der Waals surface area contributed by atoms with Crippen LogP contribution in [0.15, 0.2) is 54.6 Å². The zero-order valence-electron chi connectivity index (χ0n) is 20.6. The SMILES string of the molecule is COc1cc2c(cc1OC)[C@H](COc1ccccc1OC)N(C(=O)c1cccc([N+](=O)[O-])c1C)CC2. The van der Waals surface area contributed by atoms with Crippen molar-refractivity contribution in [3.05, 3.63) is 87.0 Å². The number of rotatable bonds is 8. The van der Waals surface area contributed by atoms with E-state index in [1.54, 1.807) is 51.4 Å². The maximum Gasteiger partial charge on any atom is 0.273 e. The highest BCUT2D eigenvalue weighted by Gasteiger charge is 2.35. The highest BCUT2D eigenvalue weighted by Crippen LogP contribution is 2.40. The minimum absolute atomic E-state index is 0.0912. The van der Waals surface area contributed by atoms with Crippen molar-refractivity contribution in [2.24, 2.45) is 0 Å². The van der Waals surface area contributed by atoms with Crippen LogP contribution in [0.1, 0.15) is 33.1 Å². The predicted molar refractivity (Wildman–Crippen MR) is 133 cm³/mol. The Kier molecular flexibility index (Phi) is 7.28. The van der Waals surface area contributed by atoms with E-state index in [0.717, 1.165) is 11.1 Å². The molecule has 1 atom stereocenters. The summed E-state index contributed by atoms with van der Waals surface area (Å²) < 4.78 is 22.6. The van der Waals surface area contributed by atoms with Gasteiger partial charge in [-0.2, -0.15) is 0 Å². The molecule has 3 aromatic rings. The number of ether oxygens (including phenoxy) is 4. The van der Waals surface area contributed by atoms with Crippen molar-refractivity contribution in [1.29, 1.82) is 0 Å². The summed E-state index contributed by atoms with van der Waals surface area (Å²) in [5.41, 5.74) is 2.41. The van der Waals surface area contributed by atoms with Gasteiger partial charge in [-0.05, 0) is 54.8 Å². The van der Waals surface area contributed by atoms with Gasteiger partial charge in [0.25, 0.3) is 11.6 Å². The first-order valence-corrected chi connectivity index (χ1v) is 11.4. The van der Waals surface area contributed by atoms with Gasteiger partial charge in [-0.1, -0.05) is 18.2 Å². The van der Waals surface area contributed by atoms with E-state index in [-0.39, 0.29) is 23.8 Å². The minimum atomic E-state index is -0.482. The summed E-state index contributed by atoms with van der Waals surface area (Å²) in [6.07, 6.45) is 0.584. The van der Waals surface area contributed by atoms with Crippen molar-refractivity contribution in [3.63, 3.8) is 0 Å². The Morgan fingerprint density at radius 1 is 0.972 bits per heavy atom. The van der Waals surface area contributed by atoms with E-state index in [9.17, 15) is 14.9 Å². The Bertz CT molecular complexity index is 1290. The van der Waals surface area contributed by atoms with Gasteiger partial charge in [0.15, 0.2) is 23.0 Å². The molecule has 36 heavy (non-hydrogen) atoms. The van der Waals surface area contributed by atoms with Crippen LogP contribution in [0.3, 0.4) is 0 Å². The maximum absolute atomic E-state index is 13.8. The average Bonchev–Trinajstić information content (AvgIpc) is 2.90. The van der Waals surface area contributed by atoms with Crippen LogP contribution >= 0.6 is 0 Å². The summed E-state index contributed by atoms with van der Waals surface area (Å²) in [7, 11) is 4.70. The molecule has 0 bridgehead atoms. The van der Waals surface area contributed by atoms with E-state index < -0.39 is 11.0 Å². The summed E-state index contributed by atoms with van der Waals surface area (Å²) in [5, 5.41) is 11.5. The molecule has 0 N–H and O–H groups in total. The molecule has 0 aromatic heterocycles. The van der Waals surface area contributed by atoms with Crippen LogP contribution < -0.4 is 18.9 Å². The number of benzene rings is 3. The van der Waals surface area contributed by atoms with Gasteiger partial charge >= 0.3 is 0 Å². The Balaban J connectivity index is 1.76. The molecule has 0 spiro atoms. The smallest absolute Gasteiger partial charge is 0.273 e. The van der Waals surface area contributed by atoms with Crippen LogP contribution in [0.5, 0.6) is 23.0 Å². The summed E-state index contributed by atoms with van der Waals surface area (Å²) in [6.45, 7) is 2.14. The number of hydrogen-bond acceptors (Lipinski definition) is 7. The molecular formula is C27H28N2O7. The number of amides is 1. The van der Waals surface area contributed by atoms with Gasteiger partial charge in [0.2, 0.25) is 0 Å². The van der Waals surface area contributed by atoms with Crippen molar-refractivity contribution >= 4 is 11.6 Å². The predicted octanol–water partition coefficient (Wildman–Crippen LogP) is 4.75. The minimum Gasteiger partial charge on any atom is -0.493 e. The van der Waals surface area contributed by atoms with Crippen LogP contribution in [-0.2, 0) is 6.42 Å².